The molecule has 3 heterocycles. The Labute approximate surface area is 199 Å². The zero-order chi connectivity index (χ0) is 23.9. The molecule has 0 atom stereocenters. The first-order chi connectivity index (χ1) is 16.3. The van der Waals surface area contributed by atoms with E-state index in [4.69, 9.17) is 4.74 Å². The van der Waals surface area contributed by atoms with Crippen LogP contribution in [0, 0.1) is 0 Å². The summed E-state index contributed by atoms with van der Waals surface area (Å²) >= 11 is 0. The maximum atomic E-state index is 12.4. The molecule has 0 bridgehead atoms. The lowest BCUT2D eigenvalue weighted by atomic mass is 10.00. The van der Waals surface area contributed by atoms with Crippen molar-refractivity contribution in [3.63, 3.8) is 0 Å². The van der Waals surface area contributed by atoms with E-state index >= 15 is 0 Å². The molecule has 176 valence electrons. The number of carbonyl (C=O) groups is 1. The maximum absolute atomic E-state index is 12.4. The fraction of sp³-hybridized carbons (Fsp3) is 0.370. The number of likely N-dealkylation sites (tertiary alicyclic amines) is 1. The van der Waals surface area contributed by atoms with Crippen LogP contribution in [0.3, 0.4) is 0 Å². The molecule has 1 N–H and O–H groups in total. The van der Waals surface area contributed by atoms with Gasteiger partial charge in [-0.3, -0.25) is 9.97 Å². The Morgan fingerprint density at radius 1 is 1.06 bits per heavy atom. The minimum atomic E-state index is -0.475. The Kier molecular flexibility index (Phi) is 5.63. The minimum absolute atomic E-state index is 0.231. The highest BCUT2D eigenvalue weighted by Crippen LogP contribution is 2.33. The summed E-state index contributed by atoms with van der Waals surface area (Å²) in [6.07, 6.45) is 7.05. The van der Waals surface area contributed by atoms with Crippen LogP contribution in [0.1, 0.15) is 33.6 Å². The van der Waals surface area contributed by atoms with Crippen molar-refractivity contribution in [1.29, 1.82) is 0 Å². The molecule has 0 aliphatic carbocycles. The number of aromatic nitrogens is 3. The van der Waals surface area contributed by atoms with E-state index in [1.54, 1.807) is 17.3 Å². The molecule has 1 aliphatic rings. The molecule has 0 spiro atoms. The van der Waals surface area contributed by atoms with Crippen molar-refractivity contribution < 1.29 is 9.53 Å². The normalized spacial score (nSPS) is 15.1. The number of hydrogen-bond donors (Lipinski definition) is 1. The van der Waals surface area contributed by atoms with Crippen LogP contribution < -0.4 is 5.32 Å². The highest BCUT2D eigenvalue weighted by molar-refractivity contribution is 5.97. The molecule has 5 rings (SSSR count). The lowest BCUT2D eigenvalue weighted by molar-refractivity contribution is 0.0210. The van der Waals surface area contributed by atoms with E-state index in [0.717, 1.165) is 40.7 Å². The van der Waals surface area contributed by atoms with Crippen molar-refractivity contribution in [3.05, 3.63) is 55.0 Å². The molecular formula is C27H31N5O2. The fourth-order valence-electron chi connectivity index (χ4n) is 4.58. The molecule has 7 heteroatoms. The van der Waals surface area contributed by atoms with Gasteiger partial charge in [0.25, 0.3) is 0 Å². The number of rotatable bonds is 3. The number of amides is 1. The van der Waals surface area contributed by atoms with Crippen LogP contribution in [-0.4, -0.2) is 50.3 Å². The second-order valence-electron chi connectivity index (χ2n) is 10.0. The summed E-state index contributed by atoms with van der Waals surface area (Å²) in [5.74, 6) is 0. The first-order valence-corrected chi connectivity index (χ1v) is 11.8. The van der Waals surface area contributed by atoms with Gasteiger partial charge >= 0.3 is 6.09 Å². The van der Waals surface area contributed by atoms with Gasteiger partial charge in [-0.25, -0.2) is 4.79 Å². The number of aryl methyl sites for hydroxylation is 1. The van der Waals surface area contributed by atoms with Gasteiger partial charge in [0.15, 0.2) is 0 Å². The van der Waals surface area contributed by atoms with Crippen molar-refractivity contribution in [2.45, 2.75) is 45.3 Å². The van der Waals surface area contributed by atoms with Crippen LogP contribution in [0.4, 0.5) is 10.5 Å². The first kappa shape index (κ1) is 22.2. The predicted molar refractivity (Wildman–Crippen MR) is 136 cm³/mol. The lowest BCUT2D eigenvalue weighted by Crippen LogP contribution is -2.44. The Morgan fingerprint density at radius 2 is 1.82 bits per heavy atom. The van der Waals surface area contributed by atoms with Crippen LogP contribution in [0.25, 0.3) is 33.1 Å². The molecule has 1 saturated heterocycles. The molecule has 2 aromatic carbocycles. The third kappa shape index (κ3) is 4.55. The summed E-state index contributed by atoms with van der Waals surface area (Å²) in [6.45, 7) is 7.05. The topological polar surface area (TPSA) is 72.3 Å². The summed E-state index contributed by atoms with van der Waals surface area (Å²) in [5.41, 5.74) is 5.65. The lowest BCUT2D eigenvalue weighted by Gasteiger charge is -2.34. The average Bonchev–Trinajstić information content (AvgIpc) is 3.18. The molecule has 0 unspecified atom stereocenters. The van der Waals surface area contributed by atoms with E-state index in [1.165, 1.54) is 10.9 Å². The number of ether oxygens (including phenoxy) is 1. The van der Waals surface area contributed by atoms with Crippen LogP contribution in [0.15, 0.2) is 55.0 Å². The first-order valence-electron chi connectivity index (χ1n) is 11.8. The van der Waals surface area contributed by atoms with E-state index in [-0.39, 0.29) is 12.1 Å². The van der Waals surface area contributed by atoms with Crippen LogP contribution >= 0.6 is 0 Å². The number of nitrogens with zero attached hydrogens (tertiary/aromatic N) is 4. The third-order valence-electron chi connectivity index (χ3n) is 6.29. The van der Waals surface area contributed by atoms with E-state index in [9.17, 15) is 4.79 Å². The van der Waals surface area contributed by atoms with Gasteiger partial charge in [0.2, 0.25) is 0 Å². The second-order valence-corrected chi connectivity index (χ2v) is 10.0. The number of benzene rings is 2. The van der Waals surface area contributed by atoms with Gasteiger partial charge in [-0.1, -0.05) is 12.1 Å². The second kappa shape index (κ2) is 8.63. The van der Waals surface area contributed by atoms with Crippen molar-refractivity contribution in [3.8, 4) is 11.1 Å². The number of carbonyl (C=O) groups excluding carboxylic acids is 1. The molecule has 2 aromatic heterocycles. The Balaban J connectivity index is 1.39. The monoisotopic (exact) mass is 457 g/mol. The number of fused-ring (bicyclic) bond motifs is 2. The molecule has 7 nitrogen and oxygen atoms in total. The Bertz CT molecular complexity index is 1350. The summed E-state index contributed by atoms with van der Waals surface area (Å²) < 4.78 is 7.66. The Hall–Kier alpha value is -3.61. The number of anilines is 1. The van der Waals surface area contributed by atoms with Crippen LogP contribution in [0.5, 0.6) is 0 Å². The van der Waals surface area contributed by atoms with Crippen molar-refractivity contribution in [1.82, 2.24) is 19.4 Å². The SMILES string of the molecule is Cn1ccc2ccc(-c3cc(NC4CCN(C(=O)OC(C)(C)C)CC4)cc4nccnc34)cc21. The standard InChI is InChI=1S/C27H31N5O2/c1-27(2,3)34-26(33)32-13-8-20(9-14-32)30-21-16-22(25-23(17-21)28-10-11-29-25)19-6-5-18-7-12-31(4)24(18)15-19/h5-7,10-12,15-17,20,30H,8-9,13-14H2,1-4H3. The van der Waals surface area contributed by atoms with E-state index in [1.807, 2.05) is 20.8 Å². The van der Waals surface area contributed by atoms with Crippen molar-refractivity contribution in [2.24, 2.45) is 7.05 Å². The summed E-state index contributed by atoms with van der Waals surface area (Å²) in [5, 5.41) is 4.90. The molecule has 34 heavy (non-hydrogen) atoms. The van der Waals surface area contributed by atoms with Crippen LogP contribution in [0.2, 0.25) is 0 Å². The van der Waals surface area contributed by atoms with Crippen molar-refractivity contribution in [2.75, 3.05) is 18.4 Å². The third-order valence-corrected chi connectivity index (χ3v) is 6.29. The minimum Gasteiger partial charge on any atom is -0.444 e. The summed E-state index contributed by atoms with van der Waals surface area (Å²) in [6, 6.07) is 13.1. The molecule has 4 aromatic rings. The Morgan fingerprint density at radius 3 is 2.59 bits per heavy atom. The quantitative estimate of drug-likeness (QED) is 0.434. The van der Waals surface area contributed by atoms with Gasteiger partial charge in [0.05, 0.1) is 11.0 Å². The van der Waals surface area contributed by atoms with E-state index in [0.29, 0.717) is 13.1 Å². The number of piperidine rings is 1. The van der Waals surface area contributed by atoms with Gasteiger partial charge in [0.1, 0.15) is 5.60 Å². The maximum Gasteiger partial charge on any atom is 0.410 e. The highest BCUT2D eigenvalue weighted by atomic mass is 16.6. The highest BCUT2D eigenvalue weighted by Gasteiger charge is 2.27. The predicted octanol–water partition coefficient (Wildman–Crippen LogP) is 5.60. The van der Waals surface area contributed by atoms with Gasteiger partial charge in [-0.15, -0.1) is 0 Å². The molecule has 1 amide bonds. The number of hydrogen-bond acceptors (Lipinski definition) is 5. The molecule has 1 fully saturated rings. The smallest absolute Gasteiger partial charge is 0.410 e. The summed E-state index contributed by atoms with van der Waals surface area (Å²) in [4.78, 5) is 23.4. The fourth-order valence-corrected chi connectivity index (χ4v) is 4.58. The number of nitrogens with one attached hydrogen (secondary N) is 1. The molecule has 0 saturated carbocycles. The van der Waals surface area contributed by atoms with Gasteiger partial charge in [-0.05, 0) is 68.8 Å². The molecule has 1 aliphatic heterocycles. The largest absolute Gasteiger partial charge is 0.444 e. The summed E-state index contributed by atoms with van der Waals surface area (Å²) in [7, 11) is 2.06. The van der Waals surface area contributed by atoms with E-state index < -0.39 is 5.60 Å². The average molecular weight is 458 g/mol. The van der Waals surface area contributed by atoms with Gasteiger partial charge in [-0.2, -0.15) is 0 Å². The zero-order valence-corrected chi connectivity index (χ0v) is 20.2. The van der Waals surface area contributed by atoms with Gasteiger partial charge < -0.3 is 19.5 Å². The van der Waals surface area contributed by atoms with Crippen LogP contribution in [-0.2, 0) is 11.8 Å². The zero-order valence-electron chi connectivity index (χ0n) is 20.2. The van der Waals surface area contributed by atoms with Crippen molar-refractivity contribution >= 4 is 33.7 Å². The van der Waals surface area contributed by atoms with E-state index in [2.05, 4.69) is 69.5 Å². The van der Waals surface area contributed by atoms with Gasteiger partial charge in [0, 0.05) is 61.5 Å². The molecule has 0 radical (unpaired) electrons. The molecular weight excluding hydrogens is 426 g/mol.